The lowest BCUT2D eigenvalue weighted by Gasteiger charge is -2.30. The van der Waals surface area contributed by atoms with E-state index >= 15 is 0 Å². The van der Waals surface area contributed by atoms with E-state index in [4.69, 9.17) is 0 Å². The van der Waals surface area contributed by atoms with Crippen LogP contribution in [0.3, 0.4) is 0 Å². The largest absolute Gasteiger partial charge is 0.310 e. The first-order chi connectivity index (χ1) is 29.3. The van der Waals surface area contributed by atoms with Crippen molar-refractivity contribution in [2.24, 2.45) is 0 Å². The van der Waals surface area contributed by atoms with Crippen molar-refractivity contribution in [3.63, 3.8) is 0 Å². The van der Waals surface area contributed by atoms with Gasteiger partial charge in [0.15, 0.2) is 0 Å². The zero-order chi connectivity index (χ0) is 40.3. The molecule has 11 aromatic rings. The maximum Gasteiger partial charge on any atom is 0.0543 e. The Balaban J connectivity index is 1.07. The Morgan fingerprint density at radius 3 is 1.57 bits per heavy atom. The van der Waals surface area contributed by atoms with E-state index in [2.05, 4.69) is 230 Å². The summed E-state index contributed by atoms with van der Waals surface area (Å²) in [7, 11) is 0. The molecule has 3 nitrogen and oxygen atoms in total. The van der Waals surface area contributed by atoms with Crippen LogP contribution in [0.1, 0.15) is 36.1 Å². The van der Waals surface area contributed by atoms with Crippen molar-refractivity contribution < 1.29 is 0 Å². The molecule has 0 fully saturated rings. The minimum Gasteiger partial charge on any atom is -0.310 e. The first-order valence-corrected chi connectivity index (χ1v) is 21.0. The van der Waals surface area contributed by atoms with Crippen LogP contribution in [0.15, 0.2) is 188 Å². The van der Waals surface area contributed by atoms with Crippen LogP contribution >= 0.6 is 0 Å². The van der Waals surface area contributed by atoms with E-state index in [0.29, 0.717) is 0 Å². The molecule has 0 atom stereocenters. The summed E-state index contributed by atoms with van der Waals surface area (Å²) >= 11 is 0. The number of fused-ring (bicyclic) bond motifs is 11. The second-order valence-corrected chi connectivity index (χ2v) is 17.2. The normalized spacial score (nSPS) is 13.1. The van der Waals surface area contributed by atoms with Crippen molar-refractivity contribution in [3.8, 4) is 22.5 Å². The molecule has 9 aromatic carbocycles. The molecule has 2 aromatic heterocycles. The Bertz CT molecular complexity index is 3430. The molecule has 1 aliphatic carbocycles. The molecule has 0 spiro atoms. The van der Waals surface area contributed by atoms with Gasteiger partial charge < -0.3 is 14.0 Å². The van der Waals surface area contributed by atoms with Gasteiger partial charge in [-0.3, -0.25) is 0 Å². The van der Waals surface area contributed by atoms with E-state index in [9.17, 15) is 0 Å². The Labute approximate surface area is 350 Å². The smallest absolute Gasteiger partial charge is 0.0543 e. The lowest BCUT2D eigenvalue weighted by Crippen LogP contribution is -2.17. The molecule has 0 bridgehead atoms. The SMILES string of the molecule is Cc1ccc2c(c1)c1cc(C)ccc1n2-c1ccc2c(c1)C(C)(C)c1cc(N(c3ccccc3)c3cccc(-n4c5ccccc5c5ccccc54)c3)c3ccccc3c1-2. The van der Waals surface area contributed by atoms with Crippen molar-refractivity contribution >= 4 is 71.4 Å². The Kier molecular flexibility index (Phi) is 7.40. The van der Waals surface area contributed by atoms with Gasteiger partial charge in [0.1, 0.15) is 0 Å². The first-order valence-electron chi connectivity index (χ1n) is 21.0. The van der Waals surface area contributed by atoms with Gasteiger partial charge in [-0.25, -0.2) is 0 Å². The zero-order valence-corrected chi connectivity index (χ0v) is 34.2. The molecular weight excluding hydrogens is 727 g/mol. The van der Waals surface area contributed by atoms with Crippen LogP contribution < -0.4 is 4.90 Å². The monoisotopic (exact) mass is 769 g/mol. The highest BCUT2D eigenvalue weighted by atomic mass is 15.1. The predicted octanol–water partition coefficient (Wildman–Crippen LogP) is 15.4. The van der Waals surface area contributed by atoms with Crippen LogP contribution in [0.5, 0.6) is 0 Å². The van der Waals surface area contributed by atoms with Crippen molar-refractivity contribution in [3.05, 3.63) is 210 Å². The number of nitrogens with zero attached hydrogens (tertiary/aromatic N) is 3. The summed E-state index contributed by atoms with van der Waals surface area (Å²) < 4.78 is 4.88. The Morgan fingerprint density at radius 1 is 0.383 bits per heavy atom. The average Bonchev–Trinajstić information content (AvgIpc) is 3.86. The molecule has 0 saturated heterocycles. The number of hydrogen-bond donors (Lipinski definition) is 0. The van der Waals surface area contributed by atoms with Crippen LogP contribution in [0.25, 0.3) is 76.9 Å². The van der Waals surface area contributed by atoms with Gasteiger partial charge in [-0.1, -0.05) is 128 Å². The standard InChI is InChI=1S/C57H43N3/c1-36-25-29-53-47(31-36)48-32-37(2)26-30-54(48)60(53)41-27-28-46-49(34-41)57(3,4)50-35-55(44-21-8-9-22-45(44)56(46)50)58(38-15-6-5-7-16-38)39-17-14-18-40(33-39)59-51-23-12-10-19-42(51)43-20-11-13-24-52(43)59/h5-35H,1-4H3. The molecule has 0 amide bonds. The van der Waals surface area contributed by atoms with Gasteiger partial charge >= 0.3 is 0 Å². The van der Waals surface area contributed by atoms with Gasteiger partial charge in [0.25, 0.3) is 0 Å². The van der Waals surface area contributed by atoms with E-state index < -0.39 is 0 Å². The summed E-state index contributed by atoms with van der Waals surface area (Å²) in [5.41, 5.74) is 18.2. The fourth-order valence-electron chi connectivity index (χ4n) is 10.4. The lowest BCUT2D eigenvalue weighted by atomic mass is 9.81. The summed E-state index contributed by atoms with van der Waals surface area (Å²) in [4.78, 5) is 2.46. The molecule has 12 rings (SSSR count). The molecule has 60 heavy (non-hydrogen) atoms. The fraction of sp³-hybridized carbons (Fsp3) is 0.0877. The molecule has 286 valence electrons. The Morgan fingerprint density at radius 2 is 0.917 bits per heavy atom. The van der Waals surface area contributed by atoms with E-state index in [1.54, 1.807) is 0 Å². The van der Waals surface area contributed by atoms with E-state index in [0.717, 1.165) is 17.1 Å². The van der Waals surface area contributed by atoms with Gasteiger partial charge in [-0.05, 0) is 126 Å². The summed E-state index contributed by atoms with van der Waals surface area (Å²) in [6.07, 6.45) is 0. The minimum atomic E-state index is -0.265. The van der Waals surface area contributed by atoms with Crippen LogP contribution in [0.2, 0.25) is 0 Å². The molecule has 0 N–H and O–H groups in total. The van der Waals surface area contributed by atoms with Crippen molar-refractivity contribution in [2.75, 3.05) is 4.90 Å². The quantitative estimate of drug-likeness (QED) is 0.170. The van der Waals surface area contributed by atoms with Crippen molar-refractivity contribution in [1.29, 1.82) is 0 Å². The number of benzene rings is 9. The topological polar surface area (TPSA) is 13.1 Å². The van der Waals surface area contributed by atoms with Gasteiger partial charge in [0.2, 0.25) is 0 Å². The minimum absolute atomic E-state index is 0.265. The Hall–Kier alpha value is -7.36. The summed E-state index contributed by atoms with van der Waals surface area (Å²) in [6, 6.07) is 69.8. The van der Waals surface area contributed by atoms with Crippen LogP contribution in [0, 0.1) is 13.8 Å². The summed E-state index contributed by atoms with van der Waals surface area (Å²) in [5.74, 6) is 0. The van der Waals surface area contributed by atoms with Gasteiger partial charge in [-0.2, -0.15) is 0 Å². The maximum atomic E-state index is 2.49. The highest BCUT2D eigenvalue weighted by molar-refractivity contribution is 6.12. The number of anilines is 3. The van der Waals surface area contributed by atoms with Gasteiger partial charge in [0.05, 0.1) is 27.8 Å². The van der Waals surface area contributed by atoms with Gasteiger partial charge in [-0.15, -0.1) is 0 Å². The fourth-order valence-corrected chi connectivity index (χ4v) is 10.4. The predicted molar refractivity (Wildman–Crippen MR) is 254 cm³/mol. The third-order valence-corrected chi connectivity index (χ3v) is 13.2. The van der Waals surface area contributed by atoms with E-state index in [-0.39, 0.29) is 5.41 Å². The number of hydrogen-bond acceptors (Lipinski definition) is 1. The number of rotatable bonds is 5. The number of aryl methyl sites for hydroxylation is 2. The maximum absolute atomic E-state index is 2.49. The summed E-state index contributed by atoms with van der Waals surface area (Å²) in [5, 5.41) is 7.62. The van der Waals surface area contributed by atoms with Crippen LogP contribution in [0.4, 0.5) is 17.1 Å². The van der Waals surface area contributed by atoms with Crippen LogP contribution in [-0.2, 0) is 5.41 Å². The molecule has 0 saturated carbocycles. The van der Waals surface area contributed by atoms with E-state index in [1.165, 1.54) is 99.1 Å². The average molecular weight is 770 g/mol. The summed E-state index contributed by atoms with van der Waals surface area (Å²) in [6.45, 7) is 9.20. The molecule has 2 heterocycles. The highest BCUT2D eigenvalue weighted by Gasteiger charge is 2.38. The second-order valence-electron chi connectivity index (χ2n) is 17.2. The van der Waals surface area contributed by atoms with Crippen molar-refractivity contribution in [1.82, 2.24) is 9.13 Å². The third-order valence-electron chi connectivity index (χ3n) is 13.2. The first kappa shape index (κ1) is 34.7. The zero-order valence-electron chi connectivity index (χ0n) is 34.2. The lowest BCUT2D eigenvalue weighted by molar-refractivity contribution is 0.660. The molecular formula is C57H43N3. The second kappa shape index (κ2) is 12.8. The van der Waals surface area contributed by atoms with Crippen LogP contribution in [-0.4, -0.2) is 9.13 Å². The van der Waals surface area contributed by atoms with Crippen molar-refractivity contribution in [2.45, 2.75) is 33.1 Å². The highest BCUT2D eigenvalue weighted by Crippen LogP contribution is 2.55. The van der Waals surface area contributed by atoms with Gasteiger partial charge in [0, 0.05) is 55.1 Å². The van der Waals surface area contributed by atoms with E-state index in [1.807, 2.05) is 0 Å². The molecule has 3 heteroatoms. The molecule has 0 aliphatic heterocycles. The third kappa shape index (κ3) is 4.96. The number of para-hydroxylation sites is 3. The molecule has 1 aliphatic rings. The molecule has 0 unspecified atom stereocenters. The molecule has 0 radical (unpaired) electrons. The number of aromatic nitrogens is 2.